The molecule has 0 saturated heterocycles. The van der Waals surface area contributed by atoms with E-state index in [4.69, 9.17) is 16.3 Å². The molecule has 26 heavy (non-hydrogen) atoms. The molecule has 0 aliphatic carbocycles. The fourth-order valence-electron chi connectivity index (χ4n) is 1.93. The van der Waals surface area contributed by atoms with E-state index in [-0.39, 0.29) is 24.7 Å². The zero-order chi connectivity index (χ0) is 18.9. The lowest BCUT2D eigenvalue weighted by atomic mass is 10.3. The first kappa shape index (κ1) is 20.5. The summed E-state index contributed by atoms with van der Waals surface area (Å²) in [5.41, 5.74) is 0. The summed E-state index contributed by atoms with van der Waals surface area (Å²) in [4.78, 5) is 37.0. The Balaban J connectivity index is 1.70. The topological polar surface area (TPSA) is 72.5 Å². The van der Waals surface area contributed by atoms with E-state index in [1.807, 2.05) is 18.2 Å². The molecular weight excluding hydrogens is 394 g/mol. The minimum Gasteiger partial charge on any atom is -0.457 e. The standard InChI is InChI=1S/C18H18ClNO4S2/c1-12(21)20-10-13-6-7-17(26-13)15(22)11-24-18(23)8-9-25-16-5-3-2-4-14(16)19/h2-7H,8-11H2,1H3,(H,20,21). The zero-order valence-corrected chi connectivity index (χ0v) is 16.5. The summed E-state index contributed by atoms with van der Waals surface area (Å²) in [5.74, 6) is -0.282. The Labute approximate surface area is 165 Å². The van der Waals surface area contributed by atoms with Gasteiger partial charge in [-0.1, -0.05) is 23.7 Å². The second-order valence-corrected chi connectivity index (χ2v) is 8.00. The molecule has 1 N–H and O–H groups in total. The van der Waals surface area contributed by atoms with Crippen molar-refractivity contribution in [1.29, 1.82) is 0 Å². The second-order valence-electron chi connectivity index (χ2n) is 5.29. The molecule has 0 spiro atoms. The van der Waals surface area contributed by atoms with Crippen LogP contribution >= 0.6 is 34.7 Å². The van der Waals surface area contributed by atoms with Gasteiger partial charge in [0.2, 0.25) is 11.7 Å². The Morgan fingerprint density at radius 3 is 2.69 bits per heavy atom. The number of thioether (sulfide) groups is 1. The molecule has 2 aromatic rings. The maximum atomic E-state index is 12.1. The van der Waals surface area contributed by atoms with Gasteiger partial charge in [-0.25, -0.2) is 0 Å². The number of thiophene rings is 1. The number of carbonyl (C=O) groups excluding carboxylic acids is 3. The molecule has 0 radical (unpaired) electrons. The van der Waals surface area contributed by atoms with Gasteiger partial charge in [-0.05, 0) is 24.3 Å². The number of nitrogens with one attached hydrogen (secondary N) is 1. The Kier molecular flexibility index (Phi) is 8.15. The summed E-state index contributed by atoms with van der Waals surface area (Å²) in [7, 11) is 0. The molecular formula is C18H18ClNO4S2. The average Bonchev–Trinajstić information content (AvgIpc) is 3.08. The Morgan fingerprint density at radius 2 is 1.96 bits per heavy atom. The van der Waals surface area contributed by atoms with Crippen molar-refractivity contribution in [2.24, 2.45) is 0 Å². The van der Waals surface area contributed by atoms with Crippen LogP contribution in [0.5, 0.6) is 0 Å². The van der Waals surface area contributed by atoms with Gasteiger partial charge in [0.25, 0.3) is 0 Å². The molecule has 0 aliphatic heterocycles. The maximum Gasteiger partial charge on any atom is 0.307 e. The first-order valence-electron chi connectivity index (χ1n) is 7.85. The number of esters is 1. The van der Waals surface area contributed by atoms with E-state index >= 15 is 0 Å². The second kappa shape index (κ2) is 10.4. The van der Waals surface area contributed by atoms with Crippen LogP contribution in [-0.2, 0) is 20.9 Å². The lowest BCUT2D eigenvalue weighted by Gasteiger charge is -2.05. The third-order valence-corrected chi connectivity index (χ3v) is 5.86. The van der Waals surface area contributed by atoms with Crippen LogP contribution in [0.3, 0.4) is 0 Å². The van der Waals surface area contributed by atoms with E-state index in [1.165, 1.54) is 30.0 Å². The minimum absolute atomic E-state index is 0.130. The molecule has 0 atom stereocenters. The summed E-state index contributed by atoms with van der Waals surface area (Å²) in [6, 6.07) is 10.9. The molecule has 0 unspecified atom stereocenters. The van der Waals surface area contributed by atoms with E-state index in [1.54, 1.807) is 18.2 Å². The molecule has 1 aromatic carbocycles. The van der Waals surface area contributed by atoms with Gasteiger partial charge in [0.15, 0.2) is 6.61 Å². The molecule has 1 aromatic heterocycles. The van der Waals surface area contributed by atoms with Crippen molar-refractivity contribution in [1.82, 2.24) is 5.32 Å². The SMILES string of the molecule is CC(=O)NCc1ccc(C(=O)COC(=O)CCSc2ccccc2Cl)s1. The van der Waals surface area contributed by atoms with Crippen LogP contribution in [0.15, 0.2) is 41.3 Å². The van der Waals surface area contributed by atoms with Gasteiger partial charge >= 0.3 is 5.97 Å². The van der Waals surface area contributed by atoms with Crippen molar-refractivity contribution in [3.05, 3.63) is 51.2 Å². The number of halogens is 1. The van der Waals surface area contributed by atoms with E-state index in [0.717, 1.165) is 9.77 Å². The van der Waals surface area contributed by atoms with Crippen LogP contribution in [0.1, 0.15) is 27.9 Å². The van der Waals surface area contributed by atoms with Crippen molar-refractivity contribution in [3.8, 4) is 0 Å². The van der Waals surface area contributed by atoms with Crippen LogP contribution < -0.4 is 5.32 Å². The highest BCUT2D eigenvalue weighted by molar-refractivity contribution is 7.99. The molecule has 8 heteroatoms. The average molecular weight is 412 g/mol. The number of benzene rings is 1. The van der Waals surface area contributed by atoms with Crippen molar-refractivity contribution >= 4 is 52.4 Å². The van der Waals surface area contributed by atoms with Crippen LogP contribution in [-0.4, -0.2) is 30.0 Å². The maximum absolute atomic E-state index is 12.1. The molecule has 0 aliphatic rings. The van der Waals surface area contributed by atoms with Crippen molar-refractivity contribution in [2.45, 2.75) is 24.8 Å². The summed E-state index contributed by atoms with van der Waals surface area (Å²) in [6.07, 6.45) is 0.196. The number of hydrogen-bond donors (Lipinski definition) is 1. The van der Waals surface area contributed by atoms with Crippen molar-refractivity contribution in [2.75, 3.05) is 12.4 Å². The van der Waals surface area contributed by atoms with Gasteiger partial charge in [-0.2, -0.15) is 0 Å². The largest absolute Gasteiger partial charge is 0.457 e. The van der Waals surface area contributed by atoms with E-state index in [9.17, 15) is 14.4 Å². The van der Waals surface area contributed by atoms with Crippen molar-refractivity contribution in [3.63, 3.8) is 0 Å². The third kappa shape index (κ3) is 6.82. The third-order valence-electron chi connectivity index (χ3n) is 3.21. The lowest BCUT2D eigenvalue weighted by Crippen LogP contribution is -2.18. The van der Waals surface area contributed by atoms with Gasteiger partial charge < -0.3 is 10.1 Å². The van der Waals surface area contributed by atoms with Gasteiger partial charge in [0, 0.05) is 22.4 Å². The van der Waals surface area contributed by atoms with E-state index < -0.39 is 5.97 Å². The fourth-order valence-corrected chi connectivity index (χ4v) is 3.97. The molecule has 0 saturated carbocycles. The molecule has 1 amide bonds. The molecule has 0 bridgehead atoms. The van der Waals surface area contributed by atoms with Crippen molar-refractivity contribution < 1.29 is 19.1 Å². The number of rotatable bonds is 9. The fraction of sp³-hybridized carbons (Fsp3) is 0.278. The predicted molar refractivity (Wildman–Crippen MR) is 104 cm³/mol. The smallest absolute Gasteiger partial charge is 0.307 e. The first-order chi connectivity index (χ1) is 12.5. The first-order valence-corrected chi connectivity index (χ1v) is 10.0. The highest BCUT2D eigenvalue weighted by Crippen LogP contribution is 2.27. The number of amides is 1. The number of hydrogen-bond acceptors (Lipinski definition) is 6. The molecule has 0 fully saturated rings. The van der Waals surface area contributed by atoms with Crippen LogP contribution in [0.4, 0.5) is 0 Å². The van der Waals surface area contributed by atoms with Crippen LogP contribution in [0, 0.1) is 0 Å². The highest BCUT2D eigenvalue weighted by atomic mass is 35.5. The monoisotopic (exact) mass is 411 g/mol. The van der Waals surface area contributed by atoms with E-state index in [2.05, 4.69) is 5.32 Å². The Hall–Kier alpha value is -1.83. The lowest BCUT2D eigenvalue weighted by molar-refractivity contribution is -0.142. The Bertz CT molecular complexity index is 791. The number of carbonyl (C=O) groups is 3. The number of ketones is 1. The zero-order valence-electron chi connectivity index (χ0n) is 14.1. The molecule has 2 rings (SSSR count). The summed E-state index contributed by atoms with van der Waals surface area (Å²) in [5, 5.41) is 3.32. The minimum atomic E-state index is -0.423. The van der Waals surface area contributed by atoms with Crippen LogP contribution in [0.25, 0.3) is 0 Å². The van der Waals surface area contributed by atoms with E-state index in [0.29, 0.717) is 22.2 Å². The van der Waals surface area contributed by atoms with Gasteiger partial charge in [0.05, 0.1) is 22.9 Å². The number of Topliss-reactive ketones (excluding diaryl/α,β-unsaturated/α-hetero) is 1. The Morgan fingerprint density at radius 1 is 1.19 bits per heavy atom. The molecule has 5 nitrogen and oxygen atoms in total. The molecule has 1 heterocycles. The highest BCUT2D eigenvalue weighted by Gasteiger charge is 2.13. The molecule has 138 valence electrons. The van der Waals surface area contributed by atoms with Gasteiger partial charge in [-0.3, -0.25) is 14.4 Å². The normalized spacial score (nSPS) is 10.4. The summed E-state index contributed by atoms with van der Waals surface area (Å²) in [6.45, 7) is 1.53. The van der Waals surface area contributed by atoms with Gasteiger partial charge in [-0.15, -0.1) is 23.1 Å². The summed E-state index contributed by atoms with van der Waals surface area (Å²) >= 11 is 8.79. The summed E-state index contributed by atoms with van der Waals surface area (Å²) < 4.78 is 5.04. The number of ether oxygens (including phenoxy) is 1. The predicted octanol–water partition coefficient (Wildman–Crippen LogP) is 3.95. The van der Waals surface area contributed by atoms with Gasteiger partial charge in [0.1, 0.15) is 0 Å². The van der Waals surface area contributed by atoms with Crippen LogP contribution in [0.2, 0.25) is 5.02 Å². The quantitative estimate of drug-likeness (QED) is 0.384.